The van der Waals surface area contributed by atoms with E-state index in [0.29, 0.717) is 0 Å². The maximum atomic E-state index is 2.44. The van der Waals surface area contributed by atoms with Crippen molar-refractivity contribution in [3.05, 3.63) is 141 Å². The molecule has 2 nitrogen and oxygen atoms in total. The smallest absolute Gasteiger partial charge is 0.0620 e. The standard InChI is InChI=1S/C37H30N2S2.2C2H6/c1-25-14-15-32-33(20-25)37(39(31-17-19-41-24-31)29-12-8-5-9-13-29)35-22-27(3)26(2)21-34(35)36(32)38(30-16-18-40-23-30)28-10-6-4-7-11-28;2*1-2/h4-24H,1-3H3;2*1-2H3. The molecule has 45 heavy (non-hydrogen) atoms. The number of nitrogens with zero attached hydrogens (tertiary/aromatic N) is 2. The van der Waals surface area contributed by atoms with Gasteiger partial charge in [0.1, 0.15) is 0 Å². The minimum Gasteiger partial charge on any atom is -0.308 e. The third-order valence-corrected chi connectivity index (χ3v) is 9.18. The van der Waals surface area contributed by atoms with E-state index < -0.39 is 0 Å². The van der Waals surface area contributed by atoms with Crippen molar-refractivity contribution in [2.45, 2.75) is 48.5 Å². The van der Waals surface area contributed by atoms with Gasteiger partial charge in [0.05, 0.1) is 22.7 Å². The van der Waals surface area contributed by atoms with Gasteiger partial charge in [-0.3, -0.25) is 0 Å². The van der Waals surface area contributed by atoms with E-state index in [2.05, 4.69) is 155 Å². The number of thiophene rings is 2. The molecule has 7 aromatic rings. The topological polar surface area (TPSA) is 6.48 Å². The fourth-order valence-electron chi connectivity index (χ4n) is 5.78. The van der Waals surface area contributed by atoms with Crippen molar-refractivity contribution in [2.24, 2.45) is 0 Å². The van der Waals surface area contributed by atoms with Gasteiger partial charge in [-0.1, -0.05) is 81.8 Å². The summed E-state index contributed by atoms with van der Waals surface area (Å²) in [5.74, 6) is 0. The first-order chi connectivity index (χ1) is 22.1. The lowest BCUT2D eigenvalue weighted by atomic mass is 9.92. The first-order valence-electron chi connectivity index (χ1n) is 15.8. The van der Waals surface area contributed by atoms with Crippen LogP contribution in [0.3, 0.4) is 0 Å². The molecule has 4 heteroatoms. The Morgan fingerprint density at radius 2 is 0.844 bits per heavy atom. The van der Waals surface area contributed by atoms with Crippen LogP contribution in [0, 0.1) is 20.8 Å². The highest BCUT2D eigenvalue weighted by Gasteiger charge is 2.26. The second kappa shape index (κ2) is 14.6. The van der Waals surface area contributed by atoms with E-state index in [9.17, 15) is 0 Å². The lowest BCUT2D eigenvalue weighted by Gasteiger charge is -2.32. The van der Waals surface area contributed by atoms with Crippen LogP contribution in [-0.4, -0.2) is 0 Å². The summed E-state index contributed by atoms with van der Waals surface area (Å²) in [5.41, 5.74) is 10.9. The summed E-state index contributed by atoms with van der Waals surface area (Å²) in [7, 11) is 0. The van der Waals surface area contributed by atoms with Crippen molar-refractivity contribution in [1.82, 2.24) is 0 Å². The molecule has 0 saturated heterocycles. The normalized spacial score (nSPS) is 10.6. The van der Waals surface area contributed by atoms with E-state index in [-0.39, 0.29) is 0 Å². The number of benzene rings is 5. The molecule has 5 aromatic carbocycles. The molecule has 2 heterocycles. The average molecular weight is 627 g/mol. The Kier molecular flexibility index (Phi) is 10.4. The Labute approximate surface area is 276 Å². The number of anilines is 6. The summed E-state index contributed by atoms with van der Waals surface area (Å²) in [6.07, 6.45) is 0. The van der Waals surface area contributed by atoms with E-state index >= 15 is 0 Å². The molecule has 0 aliphatic heterocycles. The van der Waals surface area contributed by atoms with E-state index in [1.807, 2.05) is 27.7 Å². The predicted octanol–water partition coefficient (Wildman–Crippen LogP) is 14.0. The minimum atomic E-state index is 1.15. The van der Waals surface area contributed by atoms with Crippen molar-refractivity contribution in [3.63, 3.8) is 0 Å². The molecule has 0 spiro atoms. The monoisotopic (exact) mass is 626 g/mol. The Balaban J connectivity index is 0.000000963. The third kappa shape index (κ3) is 6.26. The summed E-state index contributed by atoms with van der Waals surface area (Å²) < 4.78 is 0. The van der Waals surface area contributed by atoms with E-state index in [4.69, 9.17) is 0 Å². The number of fused-ring (bicyclic) bond motifs is 2. The van der Waals surface area contributed by atoms with Crippen LogP contribution in [-0.2, 0) is 0 Å². The molecule has 2 aromatic heterocycles. The van der Waals surface area contributed by atoms with Gasteiger partial charge in [-0.2, -0.15) is 22.7 Å². The molecule has 0 bridgehead atoms. The summed E-state index contributed by atoms with van der Waals surface area (Å²) in [6.45, 7) is 14.6. The fraction of sp³-hybridized carbons (Fsp3) is 0.171. The Morgan fingerprint density at radius 3 is 1.27 bits per heavy atom. The van der Waals surface area contributed by atoms with Crippen LogP contribution in [0.5, 0.6) is 0 Å². The van der Waals surface area contributed by atoms with E-state index in [1.165, 1.54) is 61.0 Å². The van der Waals surface area contributed by atoms with E-state index in [1.54, 1.807) is 22.7 Å². The predicted molar refractivity (Wildman–Crippen MR) is 203 cm³/mol. The SMILES string of the molecule is CC.CC.Cc1ccc2c(N(c3ccccc3)c3ccsc3)c3cc(C)c(C)cc3c(N(c3ccccc3)c3ccsc3)c2c1. The largest absolute Gasteiger partial charge is 0.308 e. The number of rotatable bonds is 6. The maximum absolute atomic E-state index is 2.44. The molecule has 0 amide bonds. The van der Waals surface area contributed by atoms with Gasteiger partial charge in [0.25, 0.3) is 0 Å². The van der Waals surface area contributed by atoms with Crippen molar-refractivity contribution in [2.75, 3.05) is 9.80 Å². The molecule has 0 unspecified atom stereocenters. The summed E-state index contributed by atoms with van der Waals surface area (Å²) >= 11 is 3.46. The van der Waals surface area contributed by atoms with Crippen LogP contribution >= 0.6 is 22.7 Å². The van der Waals surface area contributed by atoms with Crippen molar-refractivity contribution in [1.29, 1.82) is 0 Å². The highest BCUT2D eigenvalue weighted by molar-refractivity contribution is 7.08. The van der Waals surface area contributed by atoms with Crippen LogP contribution in [0.2, 0.25) is 0 Å². The lowest BCUT2D eigenvalue weighted by Crippen LogP contribution is -2.14. The zero-order chi connectivity index (χ0) is 31.9. The quantitative estimate of drug-likeness (QED) is 0.134. The van der Waals surface area contributed by atoms with Gasteiger partial charge < -0.3 is 9.80 Å². The first-order valence-corrected chi connectivity index (χ1v) is 17.7. The maximum Gasteiger partial charge on any atom is 0.0620 e. The molecule has 0 atom stereocenters. The van der Waals surface area contributed by atoms with Crippen LogP contribution < -0.4 is 9.80 Å². The van der Waals surface area contributed by atoms with Crippen molar-refractivity contribution < 1.29 is 0 Å². The van der Waals surface area contributed by atoms with Gasteiger partial charge in [-0.05, 0) is 97.3 Å². The van der Waals surface area contributed by atoms with Crippen LogP contribution in [0.25, 0.3) is 21.5 Å². The fourth-order valence-corrected chi connectivity index (χ4v) is 7.02. The van der Waals surface area contributed by atoms with Crippen molar-refractivity contribution in [3.8, 4) is 0 Å². The number of para-hydroxylation sites is 2. The second-order valence-electron chi connectivity index (χ2n) is 10.5. The highest BCUT2D eigenvalue weighted by Crippen LogP contribution is 2.51. The zero-order valence-electron chi connectivity index (χ0n) is 27.3. The van der Waals surface area contributed by atoms with Gasteiger partial charge in [-0.15, -0.1) is 0 Å². The van der Waals surface area contributed by atoms with Gasteiger partial charge in [-0.25, -0.2) is 0 Å². The summed E-state index contributed by atoms with van der Waals surface area (Å²) in [5, 5.41) is 13.8. The molecule has 0 N–H and O–H groups in total. The van der Waals surface area contributed by atoms with Crippen LogP contribution in [0.15, 0.2) is 125 Å². The first kappa shape index (κ1) is 32.0. The molecule has 228 valence electrons. The summed E-state index contributed by atoms with van der Waals surface area (Å²) in [4.78, 5) is 4.88. The number of hydrogen-bond acceptors (Lipinski definition) is 4. The summed E-state index contributed by atoms with van der Waals surface area (Å²) in [6, 6.07) is 37.7. The van der Waals surface area contributed by atoms with Gasteiger partial charge in [0.2, 0.25) is 0 Å². The molecule has 7 rings (SSSR count). The lowest BCUT2D eigenvalue weighted by molar-refractivity contribution is 1.29. The highest BCUT2D eigenvalue weighted by atomic mass is 32.1. The van der Waals surface area contributed by atoms with Crippen LogP contribution in [0.1, 0.15) is 44.4 Å². The number of aryl methyl sites for hydroxylation is 3. The second-order valence-corrected chi connectivity index (χ2v) is 12.1. The van der Waals surface area contributed by atoms with Gasteiger partial charge in [0.15, 0.2) is 0 Å². The third-order valence-electron chi connectivity index (χ3n) is 7.83. The molecule has 0 aliphatic carbocycles. The van der Waals surface area contributed by atoms with Crippen LogP contribution in [0.4, 0.5) is 34.1 Å². The van der Waals surface area contributed by atoms with Gasteiger partial charge in [0, 0.05) is 43.7 Å². The van der Waals surface area contributed by atoms with Crippen molar-refractivity contribution >= 4 is 78.3 Å². The Bertz CT molecular complexity index is 1960. The Hall–Kier alpha value is -4.38. The average Bonchev–Trinajstić information content (AvgIpc) is 3.82. The molecule has 0 radical (unpaired) electrons. The molecule has 0 aliphatic rings. The minimum absolute atomic E-state index is 1.15. The number of hydrogen-bond donors (Lipinski definition) is 0. The molecule has 0 saturated carbocycles. The molecular weight excluding hydrogens is 585 g/mol. The Morgan fingerprint density at radius 1 is 0.422 bits per heavy atom. The molecular formula is C41H42N2S2. The van der Waals surface area contributed by atoms with Gasteiger partial charge >= 0.3 is 0 Å². The zero-order valence-corrected chi connectivity index (χ0v) is 29.0. The van der Waals surface area contributed by atoms with E-state index in [0.717, 1.165) is 11.4 Å². The molecule has 0 fully saturated rings.